The molecule has 13 heavy (non-hydrogen) atoms. The Morgan fingerprint density at radius 1 is 1.77 bits per heavy atom. The maximum absolute atomic E-state index is 11.1. The molecule has 1 aliphatic heterocycles. The van der Waals surface area contributed by atoms with Crippen LogP contribution in [0.2, 0.25) is 0 Å². The highest BCUT2D eigenvalue weighted by molar-refractivity contribution is 5.88. The van der Waals surface area contributed by atoms with E-state index >= 15 is 0 Å². The molecule has 1 saturated heterocycles. The summed E-state index contributed by atoms with van der Waals surface area (Å²) in [7, 11) is 0. The number of piperazine rings is 1. The van der Waals surface area contributed by atoms with Gasteiger partial charge in [-0.2, -0.15) is 0 Å². The molecule has 0 aromatic heterocycles. The quantitative estimate of drug-likeness (QED) is 0.521. The molecule has 0 spiro atoms. The Hall–Kier alpha value is -1.59. The Labute approximate surface area is 74.5 Å². The molecule has 1 unspecified atom stereocenters. The predicted octanol–water partition coefficient (Wildman–Crippen LogP) is -1.58. The van der Waals surface area contributed by atoms with Crippen LogP contribution in [0.25, 0.3) is 0 Å². The van der Waals surface area contributed by atoms with E-state index in [-0.39, 0.29) is 6.42 Å². The Bertz CT molecular complexity index is 241. The minimum absolute atomic E-state index is 0.343. The monoisotopic (exact) mass is 186 g/mol. The van der Waals surface area contributed by atoms with E-state index in [0.717, 1.165) is 0 Å². The Kier molecular flexibility index (Phi) is 2.84. The second-order valence-corrected chi connectivity index (χ2v) is 2.75. The Morgan fingerprint density at radius 2 is 2.46 bits per heavy atom. The number of carbonyl (C=O) groups is 3. The van der Waals surface area contributed by atoms with Gasteiger partial charge < -0.3 is 15.3 Å². The summed E-state index contributed by atoms with van der Waals surface area (Å²) in [5.74, 6) is -1.49. The summed E-state index contributed by atoms with van der Waals surface area (Å²) in [4.78, 5) is 33.1. The van der Waals surface area contributed by atoms with Gasteiger partial charge in [-0.15, -0.1) is 0 Å². The first-order valence-electron chi connectivity index (χ1n) is 3.85. The zero-order chi connectivity index (χ0) is 9.84. The van der Waals surface area contributed by atoms with Crippen molar-refractivity contribution in [2.24, 2.45) is 0 Å². The number of nitrogens with one attached hydrogen (secondary N) is 1. The first kappa shape index (κ1) is 9.50. The number of carbonyl (C=O) groups excluding carboxylic acids is 2. The lowest BCUT2D eigenvalue weighted by Gasteiger charge is -2.30. The van der Waals surface area contributed by atoms with Crippen molar-refractivity contribution in [3.8, 4) is 0 Å². The van der Waals surface area contributed by atoms with Crippen molar-refractivity contribution in [3.05, 3.63) is 0 Å². The fourth-order valence-electron chi connectivity index (χ4n) is 1.23. The number of nitrogens with zero attached hydrogens (tertiary/aromatic N) is 1. The third kappa shape index (κ3) is 2.17. The fourth-order valence-corrected chi connectivity index (χ4v) is 1.23. The molecular formula is C7H10N2O4. The first-order chi connectivity index (χ1) is 6.15. The number of rotatable bonds is 3. The molecule has 1 atom stereocenters. The second-order valence-electron chi connectivity index (χ2n) is 2.75. The molecule has 6 heteroatoms. The smallest absolute Gasteiger partial charge is 0.305 e. The summed E-state index contributed by atoms with van der Waals surface area (Å²) in [6, 6.07) is -0.858. The van der Waals surface area contributed by atoms with Gasteiger partial charge in [-0.25, -0.2) is 0 Å². The lowest BCUT2D eigenvalue weighted by atomic mass is 10.1. The van der Waals surface area contributed by atoms with E-state index < -0.39 is 17.9 Å². The molecule has 0 radical (unpaired) electrons. The van der Waals surface area contributed by atoms with Gasteiger partial charge in [0, 0.05) is 13.1 Å². The number of carboxylic acids is 1. The van der Waals surface area contributed by atoms with Gasteiger partial charge in [-0.3, -0.25) is 14.4 Å². The topological polar surface area (TPSA) is 86.7 Å². The van der Waals surface area contributed by atoms with Crippen molar-refractivity contribution < 1.29 is 19.5 Å². The molecule has 1 rings (SSSR count). The average molecular weight is 186 g/mol. The molecule has 1 fully saturated rings. The van der Waals surface area contributed by atoms with Gasteiger partial charge in [-0.05, 0) is 0 Å². The van der Waals surface area contributed by atoms with Crippen LogP contribution in [-0.2, 0) is 14.4 Å². The molecule has 0 aliphatic carbocycles. The molecule has 0 saturated carbocycles. The largest absolute Gasteiger partial charge is 0.481 e. The van der Waals surface area contributed by atoms with Gasteiger partial charge >= 0.3 is 5.97 Å². The van der Waals surface area contributed by atoms with Crippen LogP contribution in [0, 0.1) is 0 Å². The summed E-state index contributed by atoms with van der Waals surface area (Å²) in [6.07, 6.45) is 0.164. The van der Waals surface area contributed by atoms with Crippen LogP contribution >= 0.6 is 0 Å². The van der Waals surface area contributed by atoms with Crippen LogP contribution in [0.4, 0.5) is 0 Å². The minimum Gasteiger partial charge on any atom is -0.481 e. The number of amides is 2. The van der Waals surface area contributed by atoms with Crippen molar-refractivity contribution in [1.82, 2.24) is 10.2 Å². The maximum Gasteiger partial charge on any atom is 0.305 e. The summed E-state index contributed by atoms with van der Waals surface area (Å²) < 4.78 is 0. The number of hydrogen-bond acceptors (Lipinski definition) is 3. The van der Waals surface area contributed by atoms with E-state index in [2.05, 4.69) is 5.32 Å². The summed E-state index contributed by atoms with van der Waals surface area (Å²) in [5.41, 5.74) is 0. The fraction of sp³-hybridized carbons (Fsp3) is 0.571. The first-order valence-corrected chi connectivity index (χ1v) is 3.85. The summed E-state index contributed by atoms with van der Waals surface area (Å²) >= 11 is 0. The maximum atomic E-state index is 11.1. The predicted molar refractivity (Wildman–Crippen MR) is 41.8 cm³/mol. The van der Waals surface area contributed by atoms with Gasteiger partial charge in [0.1, 0.15) is 6.04 Å². The van der Waals surface area contributed by atoms with Crippen LogP contribution in [0.5, 0.6) is 0 Å². The van der Waals surface area contributed by atoms with Crippen molar-refractivity contribution in [2.75, 3.05) is 13.1 Å². The zero-order valence-electron chi connectivity index (χ0n) is 6.90. The normalized spacial score (nSPS) is 22.3. The van der Waals surface area contributed by atoms with Crippen molar-refractivity contribution in [3.63, 3.8) is 0 Å². The molecule has 0 aromatic carbocycles. The molecule has 1 aliphatic rings. The van der Waals surface area contributed by atoms with Gasteiger partial charge in [0.25, 0.3) is 0 Å². The molecule has 72 valence electrons. The van der Waals surface area contributed by atoms with E-state index in [9.17, 15) is 14.4 Å². The van der Waals surface area contributed by atoms with Gasteiger partial charge in [-0.1, -0.05) is 0 Å². The van der Waals surface area contributed by atoms with Gasteiger partial charge in [0.15, 0.2) is 0 Å². The highest BCUT2D eigenvalue weighted by Crippen LogP contribution is 2.05. The molecular weight excluding hydrogens is 176 g/mol. The third-order valence-electron chi connectivity index (χ3n) is 1.88. The van der Waals surface area contributed by atoms with Crippen molar-refractivity contribution in [2.45, 2.75) is 12.5 Å². The van der Waals surface area contributed by atoms with E-state index in [1.807, 2.05) is 0 Å². The number of carboxylic acid groups (broad SMARTS) is 1. The molecule has 0 aromatic rings. The lowest BCUT2D eigenvalue weighted by Crippen LogP contribution is -2.55. The minimum atomic E-state index is -1.09. The number of aliphatic carboxylic acids is 1. The summed E-state index contributed by atoms with van der Waals surface area (Å²) in [6.45, 7) is 0.751. The van der Waals surface area contributed by atoms with Crippen LogP contribution in [0.15, 0.2) is 0 Å². The van der Waals surface area contributed by atoms with E-state index in [1.165, 1.54) is 4.90 Å². The Morgan fingerprint density at radius 3 is 3.00 bits per heavy atom. The highest BCUT2D eigenvalue weighted by atomic mass is 16.4. The average Bonchev–Trinajstić information content (AvgIpc) is 2.08. The Balaban J connectivity index is 2.67. The van der Waals surface area contributed by atoms with E-state index in [1.54, 1.807) is 0 Å². The van der Waals surface area contributed by atoms with Crippen LogP contribution < -0.4 is 5.32 Å². The molecule has 2 N–H and O–H groups in total. The molecule has 1 heterocycles. The molecule has 2 amide bonds. The zero-order valence-corrected chi connectivity index (χ0v) is 6.90. The van der Waals surface area contributed by atoms with E-state index in [4.69, 9.17) is 5.11 Å². The van der Waals surface area contributed by atoms with Crippen LogP contribution in [0.3, 0.4) is 0 Å². The molecule has 0 bridgehead atoms. The van der Waals surface area contributed by atoms with Gasteiger partial charge in [0.05, 0.1) is 6.42 Å². The third-order valence-corrected chi connectivity index (χ3v) is 1.88. The van der Waals surface area contributed by atoms with Gasteiger partial charge in [0.2, 0.25) is 12.3 Å². The SMILES string of the molecule is O=CN1CCNC(=O)C1CC(=O)O. The van der Waals surface area contributed by atoms with Crippen molar-refractivity contribution in [1.29, 1.82) is 0 Å². The van der Waals surface area contributed by atoms with Crippen molar-refractivity contribution >= 4 is 18.3 Å². The van der Waals surface area contributed by atoms with E-state index in [0.29, 0.717) is 19.5 Å². The lowest BCUT2D eigenvalue weighted by molar-refractivity contribution is -0.145. The second kappa shape index (κ2) is 3.88. The highest BCUT2D eigenvalue weighted by Gasteiger charge is 2.30. The number of hydrogen-bond donors (Lipinski definition) is 2. The van der Waals surface area contributed by atoms with Crippen LogP contribution in [-0.4, -0.2) is 47.4 Å². The molecule has 6 nitrogen and oxygen atoms in total. The standard InChI is InChI=1S/C7H10N2O4/c10-4-9-2-1-8-7(13)5(9)3-6(11)12/h4-5H,1-3H2,(H,8,13)(H,11,12). The summed E-state index contributed by atoms with van der Waals surface area (Å²) in [5, 5.41) is 11.0. The van der Waals surface area contributed by atoms with Crippen LogP contribution in [0.1, 0.15) is 6.42 Å².